The first-order valence-electron chi connectivity index (χ1n) is 12.0. The maximum absolute atomic E-state index is 10.6. The fraction of sp³-hybridized carbons (Fsp3) is 0.583. The van der Waals surface area contributed by atoms with Crippen molar-refractivity contribution in [3.8, 4) is 10.6 Å². The van der Waals surface area contributed by atoms with E-state index in [9.17, 15) is 15.3 Å². The Labute approximate surface area is 202 Å². The molecule has 3 aromatic rings. The summed E-state index contributed by atoms with van der Waals surface area (Å²) >= 11 is 1.57. The van der Waals surface area contributed by atoms with Crippen LogP contribution in [0.15, 0.2) is 12.3 Å². The largest absolute Gasteiger partial charge is 0.396 e. The highest BCUT2D eigenvalue weighted by atomic mass is 32.1. The van der Waals surface area contributed by atoms with E-state index in [1.54, 1.807) is 11.3 Å². The van der Waals surface area contributed by atoms with Crippen molar-refractivity contribution in [1.82, 2.24) is 19.9 Å². The van der Waals surface area contributed by atoms with Crippen LogP contribution in [0.2, 0.25) is 0 Å². The molecular weight excluding hydrogens is 452 g/mol. The number of fused-ring (bicyclic) bond motifs is 1. The number of pyridine rings is 1. The first kappa shape index (κ1) is 23.3. The first-order chi connectivity index (χ1) is 16.3. The van der Waals surface area contributed by atoms with Gasteiger partial charge in [-0.15, -0.1) is 11.3 Å². The van der Waals surface area contributed by atoms with Crippen LogP contribution < -0.4 is 10.6 Å². The number of nitrogens with zero attached hydrogens (tertiary/aromatic N) is 4. The Hall–Kier alpha value is -2.40. The third kappa shape index (κ3) is 4.59. The van der Waals surface area contributed by atoms with Crippen LogP contribution >= 0.6 is 11.3 Å². The molecular formula is C24H32N6O3S. The Bertz CT molecular complexity index is 1180. The number of nitrogens with one attached hydrogen (secondary N) is 2. The molecule has 34 heavy (non-hydrogen) atoms. The van der Waals surface area contributed by atoms with Crippen LogP contribution in [0.4, 0.5) is 11.8 Å². The number of aliphatic hydroxyl groups is 3. The molecule has 3 aromatic heterocycles. The Morgan fingerprint density at radius 3 is 2.59 bits per heavy atom. The highest BCUT2D eigenvalue weighted by molar-refractivity contribution is 7.21. The van der Waals surface area contributed by atoms with Crippen molar-refractivity contribution < 1.29 is 15.3 Å². The van der Waals surface area contributed by atoms with Gasteiger partial charge in [-0.1, -0.05) is 13.8 Å². The summed E-state index contributed by atoms with van der Waals surface area (Å²) in [6.07, 6.45) is 3.33. The molecule has 5 N–H and O–H groups in total. The van der Waals surface area contributed by atoms with Gasteiger partial charge in [0.1, 0.15) is 22.4 Å². The topological polar surface area (TPSA) is 136 Å². The van der Waals surface area contributed by atoms with Crippen molar-refractivity contribution in [3.63, 3.8) is 0 Å². The number of hydrogen-bond donors (Lipinski definition) is 5. The lowest BCUT2D eigenvalue weighted by atomic mass is 10.1. The van der Waals surface area contributed by atoms with Crippen molar-refractivity contribution in [1.29, 1.82) is 0 Å². The molecule has 1 unspecified atom stereocenters. The Morgan fingerprint density at radius 2 is 1.91 bits per heavy atom. The molecule has 0 bridgehead atoms. The summed E-state index contributed by atoms with van der Waals surface area (Å²) in [4.78, 5) is 19.0. The van der Waals surface area contributed by atoms with Crippen molar-refractivity contribution in [2.24, 2.45) is 11.8 Å². The van der Waals surface area contributed by atoms with E-state index in [1.807, 2.05) is 19.2 Å². The van der Waals surface area contributed by atoms with Crippen molar-refractivity contribution in [3.05, 3.63) is 23.7 Å². The standard InChI is InChI=1S/C24H32N6O3S/c1-11(2)8-15-19-17(6-7-25-15)34-23(29-19)18-12(3)26-24(27-14-4-5-14)30-22(18)28-16-9-13(10-31)20(32)21(16)33/h6-7,11,13-14,16,20-21,31-33H,4-5,8-10H2,1-3H3,(H2,26,27,28,30)/t13-,16?,20-,21+/m1/s1. The molecule has 182 valence electrons. The highest BCUT2D eigenvalue weighted by Crippen LogP contribution is 2.39. The molecule has 0 saturated heterocycles. The van der Waals surface area contributed by atoms with Crippen molar-refractivity contribution in [2.45, 2.75) is 70.7 Å². The van der Waals surface area contributed by atoms with E-state index in [2.05, 4.69) is 29.5 Å². The molecule has 0 aliphatic heterocycles. The number of hydrogen-bond acceptors (Lipinski definition) is 10. The first-order valence-corrected chi connectivity index (χ1v) is 12.8. The van der Waals surface area contributed by atoms with Crippen molar-refractivity contribution >= 4 is 33.3 Å². The molecule has 4 atom stereocenters. The van der Waals surface area contributed by atoms with Gasteiger partial charge in [-0.25, -0.2) is 9.97 Å². The second kappa shape index (κ2) is 9.33. The third-order valence-electron chi connectivity index (χ3n) is 6.56. The number of aryl methyl sites for hydroxylation is 1. The normalized spacial score (nSPS) is 24.8. The summed E-state index contributed by atoms with van der Waals surface area (Å²) in [5.41, 5.74) is 3.45. The van der Waals surface area contributed by atoms with Gasteiger partial charge in [0.05, 0.1) is 33.8 Å². The van der Waals surface area contributed by atoms with Gasteiger partial charge in [-0.05, 0) is 44.6 Å². The molecule has 2 aliphatic carbocycles. The predicted molar refractivity (Wildman–Crippen MR) is 133 cm³/mol. The zero-order valence-electron chi connectivity index (χ0n) is 19.7. The smallest absolute Gasteiger partial charge is 0.225 e. The average Bonchev–Trinajstić information content (AvgIpc) is 3.42. The van der Waals surface area contributed by atoms with Crippen LogP contribution in [0.1, 0.15) is 44.5 Å². The number of rotatable bonds is 8. The number of anilines is 2. The predicted octanol–water partition coefficient (Wildman–Crippen LogP) is 2.74. The van der Waals surface area contributed by atoms with Crippen LogP contribution in [-0.4, -0.2) is 66.2 Å². The van der Waals surface area contributed by atoms with E-state index < -0.39 is 18.2 Å². The second-order valence-electron chi connectivity index (χ2n) is 9.91. The van der Waals surface area contributed by atoms with E-state index in [4.69, 9.17) is 15.0 Å². The Balaban J connectivity index is 1.56. The van der Waals surface area contributed by atoms with Crippen LogP contribution in [0, 0.1) is 18.8 Å². The molecule has 0 aromatic carbocycles. The van der Waals surface area contributed by atoms with E-state index >= 15 is 0 Å². The summed E-state index contributed by atoms with van der Waals surface area (Å²) in [5, 5.41) is 38.0. The van der Waals surface area contributed by atoms with Gasteiger partial charge in [-0.3, -0.25) is 4.98 Å². The molecule has 0 radical (unpaired) electrons. The second-order valence-corrected chi connectivity index (χ2v) is 10.9. The van der Waals surface area contributed by atoms with Gasteiger partial charge in [0, 0.05) is 24.8 Å². The van der Waals surface area contributed by atoms with Crippen molar-refractivity contribution in [2.75, 3.05) is 17.2 Å². The van der Waals surface area contributed by atoms with Crippen LogP contribution in [-0.2, 0) is 6.42 Å². The van der Waals surface area contributed by atoms with Crippen LogP contribution in [0.3, 0.4) is 0 Å². The summed E-state index contributed by atoms with van der Waals surface area (Å²) in [7, 11) is 0. The van der Waals surface area contributed by atoms with E-state index in [1.165, 1.54) is 0 Å². The lowest BCUT2D eigenvalue weighted by Crippen LogP contribution is -2.35. The minimum absolute atomic E-state index is 0.177. The minimum Gasteiger partial charge on any atom is -0.396 e. The number of aromatic nitrogens is 4. The molecule has 0 amide bonds. The molecule has 2 saturated carbocycles. The van der Waals surface area contributed by atoms with Gasteiger partial charge >= 0.3 is 0 Å². The van der Waals surface area contributed by atoms with Gasteiger partial charge in [0.2, 0.25) is 5.95 Å². The fourth-order valence-corrected chi connectivity index (χ4v) is 5.66. The summed E-state index contributed by atoms with van der Waals surface area (Å²) in [6, 6.07) is 1.93. The minimum atomic E-state index is -1.00. The summed E-state index contributed by atoms with van der Waals surface area (Å²) < 4.78 is 1.06. The lowest BCUT2D eigenvalue weighted by molar-refractivity contribution is 0.00446. The highest BCUT2D eigenvalue weighted by Gasteiger charge is 2.41. The Kier molecular flexibility index (Phi) is 6.41. The molecule has 2 fully saturated rings. The van der Waals surface area contributed by atoms with Gasteiger partial charge in [0.15, 0.2) is 0 Å². The molecule has 5 rings (SSSR count). The van der Waals surface area contributed by atoms with Crippen LogP contribution in [0.25, 0.3) is 20.8 Å². The third-order valence-corrected chi connectivity index (χ3v) is 7.60. The number of aliphatic hydroxyl groups excluding tert-OH is 3. The maximum atomic E-state index is 10.6. The summed E-state index contributed by atoms with van der Waals surface area (Å²) in [6.45, 7) is 6.10. The zero-order chi connectivity index (χ0) is 24.0. The van der Waals surface area contributed by atoms with Crippen LogP contribution in [0.5, 0.6) is 0 Å². The van der Waals surface area contributed by atoms with E-state index in [0.717, 1.165) is 51.4 Å². The van der Waals surface area contributed by atoms with Gasteiger partial charge < -0.3 is 26.0 Å². The van der Waals surface area contributed by atoms with E-state index in [-0.39, 0.29) is 12.5 Å². The Morgan fingerprint density at radius 1 is 1.12 bits per heavy atom. The monoisotopic (exact) mass is 484 g/mol. The van der Waals surface area contributed by atoms with Gasteiger partial charge in [-0.2, -0.15) is 4.98 Å². The number of thiazole rings is 1. The van der Waals surface area contributed by atoms with Gasteiger partial charge in [0.25, 0.3) is 0 Å². The average molecular weight is 485 g/mol. The van der Waals surface area contributed by atoms with E-state index in [0.29, 0.717) is 30.1 Å². The fourth-order valence-electron chi connectivity index (χ4n) is 4.58. The molecule has 10 heteroatoms. The summed E-state index contributed by atoms with van der Waals surface area (Å²) in [5.74, 6) is 1.20. The molecule has 3 heterocycles. The molecule has 2 aliphatic rings. The lowest BCUT2D eigenvalue weighted by Gasteiger charge is -2.21. The zero-order valence-corrected chi connectivity index (χ0v) is 20.5. The molecule has 0 spiro atoms. The quantitative estimate of drug-likeness (QED) is 0.327. The molecule has 9 nitrogen and oxygen atoms in total. The SMILES string of the molecule is Cc1nc(NC2CC2)nc(NC2C[C@H](CO)[C@@H](O)[C@H]2O)c1-c1nc2c(CC(C)C)nccc2s1. The maximum Gasteiger partial charge on any atom is 0.225 e.